The molecule has 0 bridgehead atoms. The molecule has 66 valence electrons. The molecule has 0 spiro atoms. The highest BCUT2D eigenvalue weighted by Gasteiger charge is 2.06. The molecule has 0 radical (unpaired) electrons. The standard InChI is InChI=1S/C8H11BrN2O/c1-6(12)3-4-8-7(9)5-10-11(8)2/h5H,3-4H2,1-2H3. The molecule has 0 unspecified atom stereocenters. The number of carbonyl (C=O) groups is 1. The van der Waals surface area contributed by atoms with E-state index in [1.807, 2.05) is 7.05 Å². The van der Waals surface area contributed by atoms with Gasteiger partial charge in [0, 0.05) is 13.5 Å². The number of carbonyl (C=O) groups excluding carboxylic acids is 1. The van der Waals surface area contributed by atoms with Crippen molar-refractivity contribution in [2.75, 3.05) is 0 Å². The van der Waals surface area contributed by atoms with Crippen LogP contribution in [0.1, 0.15) is 19.0 Å². The van der Waals surface area contributed by atoms with Gasteiger partial charge in [-0.25, -0.2) is 0 Å². The SMILES string of the molecule is CC(=O)CCc1c(Br)cnn1C. The highest BCUT2D eigenvalue weighted by atomic mass is 79.9. The third-order valence-corrected chi connectivity index (χ3v) is 2.39. The third kappa shape index (κ3) is 2.17. The Morgan fingerprint density at radius 2 is 2.42 bits per heavy atom. The van der Waals surface area contributed by atoms with E-state index in [1.54, 1.807) is 17.8 Å². The van der Waals surface area contributed by atoms with E-state index in [0.717, 1.165) is 16.6 Å². The third-order valence-electron chi connectivity index (χ3n) is 1.72. The predicted octanol–water partition coefficient (Wildman–Crippen LogP) is 1.70. The van der Waals surface area contributed by atoms with E-state index in [2.05, 4.69) is 21.0 Å². The van der Waals surface area contributed by atoms with Gasteiger partial charge in [-0.2, -0.15) is 5.10 Å². The summed E-state index contributed by atoms with van der Waals surface area (Å²) in [6.45, 7) is 1.60. The van der Waals surface area contributed by atoms with E-state index in [0.29, 0.717) is 6.42 Å². The average Bonchev–Trinajstić information content (AvgIpc) is 2.28. The van der Waals surface area contributed by atoms with E-state index < -0.39 is 0 Å². The van der Waals surface area contributed by atoms with Crippen molar-refractivity contribution in [3.8, 4) is 0 Å². The van der Waals surface area contributed by atoms with Crippen LogP contribution in [-0.2, 0) is 18.3 Å². The summed E-state index contributed by atoms with van der Waals surface area (Å²) in [6.07, 6.45) is 3.08. The van der Waals surface area contributed by atoms with Gasteiger partial charge in [-0.1, -0.05) is 0 Å². The van der Waals surface area contributed by atoms with Crippen molar-refractivity contribution < 1.29 is 4.79 Å². The molecule has 0 aromatic carbocycles. The molecule has 0 atom stereocenters. The molecule has 4 heteroatoms. The zero-order chi connectivity index (χ0) is 9.14. The van der Waals surface area contributed by atoms with Crippen LogP contribution in [0.5, 0.6) is 0 Å². The van der Waals surface area contributed by atoms with Gasteiger partial charge in [0.15, 0.2) is 0 Å². The quantitative estimate of drug-likeness (QED) is 0.793. The fourth-order valence-electron chi connectivity index (χ4n) is 1.01. The van der Waals surface area contributed by atoms with Gasteiger partial charge in [-0.15, -0.1) is 0 Å². The van der Waals surface area contributed by atoms with Gasteiger partial charge in [0.25, 0.3) is 0 Å². The van der Waals surface area contributed by atoms with Crippen LogP contribution in [0.25, 0.3) is 0 Å². The molecule has 0 amide bonds. The number of hydrogen-bond donors (Lipinski definition) is 0. The predicted molar refractivity (Wildman–Crippen MR) is 49.9 cm³/mol. The Morgan fingerprint density at radius 1 is 1.75 bits per heavy atom. The van der Waals surface area contributed by atoms with Crippen LogP contribution in [0.3, 0.4) is 0 Å². The Hall–Kier alpha value is -0.640. The van der Waals surface area contributed by atoms with E-state index in [9.17, 15) is 4.79 Å². The highest BCUT2D eigenvalue weighted by Crippen LogP contribution is 2.16. The molecular formula is C8H11BrN2O. The van der Waals surface area contributed by atoms with Gasteiger partial charge in [0.2, 0.25) is 0 Å². The molecule has 0 saturated heterocycles. The first-order valence-corrected chi connectivity index (χ1v) is 4.56. The number of ketones is 1. The van der Waals surface area contributed by atoms with Crippen molar-refractivity contribution in [3.63, 3.8) is 0 Å². The minimum absolute atomic E-state index is 0.211. The first-order valence-electron chi connectivity index (χ1n) is 3.77. The summed E-state index contributed by atoms with van der Waals surface area (Å²) in [5.74, 6) is 0.211. The summed E-state index contributed by atoms with van der Waals surface area (Å²) in [4.78, 5) is 10.7. The fourth-order valence-corrected chi connectivity index (χ4v) is 1.56. The number of halogens is 1. The molecule has 1 aromatic rings. The largest absolute Gasteiger partial charge is 0.300 e. The van der Waals surface area contributed by atoms with Crippen LogP contribution < -0.4 is 0 Å². The molecule has 0 fully saturated rings. The molecule has 1 heterocycles. The van der Waals surface area contributed by atoms with Crippen molar-refractivity contribution in [1.29, 1.82) is 0 Å². The molecule has 1 aromatic heterocycles. The summed E-state index contributed by atoms with van der Waals surface area (Å²) < 4.78 is 2.76. The lowest BCUT2D eigenvalue weighted by molar-refractivity contribution is -0.117. The lowest BCUT2D eigenvalue weighted by Gasteiger charge is -1.99. The Labute approximate surface area is 79.9 Å². The summed E-state index contributed by atoms with van der Waals surface area (Å²) in [5.41, 5.74) is 1.07. The van der Waals surface area contributed by atoms with Crippen LogP contribution in [0, 0.1) is 0 Å². The highest BCUT2D eigenvalue weighted by molar-refractivity contribution is 9.10. The maximum atomic E-state index is 10.7. The summed E-state index contributed by atoms with van der Waals surface area (Å²) in [5, 5.41) is 4.05. The first kappa shape index (κ1) is 9.45. The van der Waals surface area contributed by atoms with Gasteiger partial charge in [0.05, 0.1) is 16.4 Å². The maximum absolute atomic E-state index is 10.7. The molecule has 0 aliphatic heterocycles. The van der Waals surface area contributed by atoms with Crippen molar-refractivity contribution in [2.24, 2.45) is 7.05 Å². The minimum Gasteiger partial charge on any atom is -0.300 e. The van der Waals surface area contributed by atoms with Gasteiger partial charge < -0.3 is 4.79 Å². The molecule has 0 saturated carbocycles. The lowest BCUT2D eigenvalue weighted by atomic mass is 10.2. The summed E-state index contributed by atoms with van der Waals surface area (Å²) in [6, 6.07) is 0. The number of aromatic nitrogens is 2. The molecule has 12 heavy (non-hydrogen) atoms. The van der Waals surface area contributed by atoms with E-state index in [4.69, 9.17) is 0 Å². The molecule has 0 N–H and O–H groups in total. The van der Waals surface area contributed by atoms with Crippen LogP contribution in [-0.4, -0.2) is 15.6 Å². The maximum Gasteiger partial charge on any atom is 0.130 e. The zero-order valence-corrected chi connectivity index (χ0v) is 8.76. The number of nitrogens with zero attached hydrogens (tertiary/aromatic N) is 2. The Balaban J connectivity index is 2.68. The number of hydrogen-bond acceptors (Lipinski definition) is 2. The van der Waals surface area contributed by atoms with Crippen LogP contribution in [0.4, 0.5) is 0 Å². The Bertz CT molecular complexity index is 274. The number of rotatable bonds is 3. The number of aryl methyl sites for hydroxylation is 1. The first-order chi connectivity index (χ1) is 5.61. The van der Waals surface area contributed by atoms with Crippen molar-refractivity contribution in [1.82, 2.24) is 9.78 Å². The van der Waals surface area contributed by atoms with Crippen molar-refractivity contribution >= 4 is 21.7 Å². The van der Waals surface area contributed by atoms with Gasteiger partial charge in [-0.05, 0) is 29.3 Å². The van der Waals surface area contributed by atoms with Crippen molar-refractivity contribution in [2.45, 2.75) is 19.8 Å². The topological polar surface area (TPSA) is 34.9 Å². The zero-order valence-electron chi connectivity index (χ0n) is 7.17. The van der Waals surface area contributed by atoms with Gasteiger partial charge in [-0.3, -0.25) is 4.68 Å². The van der Waals surface area contributed by atoms with Gasteiger partial charge in [0.1, 0.15) is 5.78 Å². The average molecular weight is 231 g/mol. The Morgan fingerprint density at radius 3 is 2.83 bits per heavy atom. The Kier molecular flexibility index (Phi) is 3.03. The van der Waals surface area contributed by atoms with Gasteiger partial charge >= 0.3 is 0 Å². The molecule has 3 nitrogen and oxygen atoms in total. The lowest BCUT2D eigenvalue weighted by Crippen LogP contribution is -2.01. The normalized spacial score (nSPS) is 10.2. The molecule has 0 aliphatic rings. The fraction of sp³-hybridized carbons (Fsp3) is 0.500. The van der Waals surface area contributed by atoms with Crippen molar-refractivity contribution in [3.05, 3.63) is 16.4 Å². The summed E-state index contributed by atoms with van der Waals surface area (Å²) in [7, 11) is 1.88. The van der Waals surface area contributed by atoms with E-state index in [-0.39, 0.29) is 5.78 Å². The van der Waals surface area contributed by atoms with Crippen LogP contribution >= 0.6 is 15.9 Å². The minimum atomic E-state index is 0.211. The number of Topliss-reactive ketones (excluding diaryl/α,β-unsaturated/α-hetero) is 1. The second kappa shape index (κ2) is 3.85. The summed E-state index contributed by atoms with van der Waals surface area (Å²) >= 11 is 3.37. The van der Waals surface area contributed by atoms with E-state index >= 15 is 0 Å². The van der Waals surface area contributed by atoms with Crippen LogP contribution in [0.15, 0.2) is 10.7 Å². The monoisotopic (exact) mass is 230 g/mol. The second-order valence-corrected chi connectivity index (χ2v) is 3.62. The smallest absolute Gasteiger partial charge is 0.130 e. The molecule has 0 aliphatic carbocycles. The van der Waals surface area contributed by atoms with Crippen LogP contribution in [0.2, 0.25) is 0 Å². The van der Waals surface area contributed by atoms with E-state index in [1.165, 1.54) is 0 Å². The molecular weight excluding hydrogens is 220 g/mol. The second-order valence-electron chi connectivity index (χ2n) is 2.76. The molecule has 1 rings (SSSR count).